The summed E-state index contributed by atoms with van der Waals surface area (Å²) in [4.78, 5) is 6.72. The lowest BCUT2D eigenvalue weighted by molar-refractivity contribution is 0.0302. The Balaban J connectivity index is 1.73. The van der Waals surface area contributed by atoms with Crippen molar-refractivity contribution in [2.45, 2.75) is 25.0 Å². The summed E-state index contributed by atoms with van der Waals surface area (Å²) in [6.07, 6.45) is 4.52. The minimum Gasteiger partial charge on any atom is -0.493 e. The maximum Gasteiger partial charge on any atom is 0.217 e. The van der Waals surface area contributed by atoms with E-state index in [2.05, 4.69) is 15.0 Å². The Kier molecular flexibility index (Phi) is 2.02. The molecule has 4 heterocycles. The average Bonchev–Trinajstić information content (AvgIpc) is 2.96. The molecule has 0 spiro atoms. The molecule has 0 saturated carbocycles. The molecule has 1 N–H and O–H groups in total. The van der Waals surface area contributed by atoms with E-state index in [-0.39, 0.29) is 5.88 Å². The fourth-order valence-electron chi connectivity index (χ4n) is 2.85. The minimum atomic E-state index is 0.124. The Bertz CT molecular complexity index is 585. The smallest absolute Gasteiger partial charge is 0.217 e. The van der Waals surface area contributed by atoms with Crippen LogP contribution in [0.25, 0.3) is 5.65 Å². The van der Waals surface area contributed by atoms with E-state index in [1.807, 2.05) is 0 Å². The molecule has 2 aromatic rings. The maximum absolute atomic E-state index is 9.92. The lowest BCUT2D eigenvalue weighted by atomic mass is 10.2. The van der Waals surface area contributed by atoms with Crippen molar-refractivity contribution in [2.24, 2.45) is 0 Å². The van der Waals surface area contributed by atoms with Crippen LogP contribution in [-0.2, 0) is 4.74 Å². The molecule has 6 heteroatoms. The molecule has 2 bridgehead atoms. The first kappa shape index (κ1) is 10.1. The first-order valence-corrected chi connectivity index (χ1v) is 6.24. The molecule has 2 aliphatic heterocycles. The number of aromatic hydroxyl groups is 1. The van der Waals surface area contributed by atoms with E-state index in [1.165, 1.54) is 4.52 Å². The number of aromatic nitrogens is 3. The molecule has 2 fully saturated rings. The van der Waals surface area contributed by atoms with Gasteiger partial charge in [0.2, 0.25) is 5.88 Å². The van der Waals surface area contributed by atoms with E-state index in [0.29, 0.717) is 17.9 Å². The van der Waals surface area contributed by atoms with Crippen molar-refractivity contribution in [1.29, 1.82) is 0 Å². The second kappa shape index (κ2) is 3.58. The zero-order valence-electron chi connectivity index (χ0n) is 9.86. The lowest BCUT2D eigenvalue weighted by Crippen LogP contribution is -2.43. The Morgan fingerprint density at radius 1 is 1.28 bits per heavy atom. The molecule has 0 aromatic carbocycles. The van der Waals surface area contributed by atoms with Crippen LogP contribution in [0.5, 0.6) is 5.88 Å². The van der Waals surface area contributed by atoms with Crippen molar-refractivity contribution < 1.29 is 9.84 Å². The fraction of sp³-hybridized carbons (Fsp3) is 0.500. The molecule has 2 unspecified atom stereocenters. The highest BCUT2D eigenvalue weighted by Gasteiger charge is 2.34. The van der Waals surface area contributed by atoms with Crippen LogP contribution >= 0.6 is 0 Å². The predicted octanol–water partition coefficient (Wildman–Crippen LogP) is 0.802. The number of morpholine rings is 1. The summed E-state index contributed by atoms with van der Waals surface area (Å²) in [5, 5.41) is 13.9. The Labute approximate surface area is 104 Å². The first-order valence-electron chi connectivity index (χ1n) is 6.24. The van der Waals surface area contributed by atoms with Crippen LogP contribution in [0.4, 0.5) is 5.82 Å². The molecular formula is C12H14N4O2. The molecule has 18 heavy (non-hydrogen) atoms. The molecule has 2 saturated heterocycles. The van der Waals surface area contributed by atoms with Crippen LogP contribution in [0.1, 0.15) is 12.8 Å². The first-order chi connectivity index (χ1) is 8.79. The normalized spacial score (nSPS) is 27.0. The molecule has 2 atom stereocenters. The van der Waals surface area contributed by atoms with Gasteiger partial charge in [0.05, 0.1) is 18.4 Å². The van der Waals surface area contributed by atoms with Crippen LogP contribution in [0.15, 0.2) is 18.3 Å². The van der Waals surface area contributed by atoms with Crippen molar-refractivity contribution in [3.8, 4) is 5.88 Å². The third-order valence-corrected chi connectivity index (χ3v) is 3.69. The van der Waals surface area contributed by atoms with Crippen molar-refractivity contribution in [3.05, 3.63) is 18.3 Å². The highest BCUT2D eigenvalue weighted by molar-refractivity contribution is 5.51. The van der Waals surface area contributed by atoms with E-state index in [0.717, 1.165) is 31.7 Å². The van der Waals surface area contributed by atoms with Gasteiger partial charge in [-0.1, -0.05) is 0 Å². The summed E-state index contributed by atoms with van der Waals surface area (Å²) in [6.45, 7) is 1.71. The zero-order valence-corrected chi connectivity index (χ0v) is 9.86. The Hall–Kier alpha value is -1.82. The number of nitrogens with zero attached hydrogens (tertiary/aromatic N) is 4. The van der Waals surface area contributed by atoms with Gasteiger partial charge >= 0.3 is 0 Å². The van der Waals surface area contributed by atoms with Crippen molar-refractivity contribution in [3.63, 3.8) is 0 Å². The molecule has 2 aliphatic rings. The Morgan fingerprint density at radius 2 is 2.06 bits per heavy atom. The van der Waals surface area contributed by atoms with Crippen molar-refractivity contribution >= 4 is 11.5 Å². The number of hydrogen-bond acceptors (Lipinski definition) is 5. The summed E-state index contributed by atoms with van der Waals surface area (Å²) in [6, 6.07) is 3.46. The van der Waals surface area contributed by atoms with Crippen molar-refractivity contribution in [2.75, 3.05) is 18.0 Å². The van der Waals surface area contributed by atoms with Crippen LogP contribution in [0, 0.1) is 0 Å². The van der Waals surface area contributed by atoms with Gasteiger partial charge in [0.15, 0.2) is 5.65 Å². The van der Waals surface area contributed by atoms with E-state index in [4.69, 9.17) is 4.74 Å². The van der Waals surface area contributed by atoms with E-state index in [1.54, 1.807) is 18.3 Å². The van der Waals surface area contributed by atoms with Gasteiger partial charge in [-0.3, -0.25) is 0 Å². The number of fused-ring (bicyclic) bond motifs is 3. The van der Waals surface area contributed by atoms with Gasteiger partial charge in [-0.05, 0) is 12.8 Å². The number of ether oxygens (including phenoxy) is 1. The lowest BCUT2D eigenvalue weighted by Gasteiger charge is -2.32. The topological polar surface area (TPSA) is 62.9 Å². The molecule has 0 amide bonds. The molecule has 94 valence electrons. The third kappa shape index (κ3) is 1.45. The van der Waals surface area contributed by atoms with E-state index in [9.17, 15) is 5.11 Å². The second-order valence-corrected chi connectivity index (χ2v) is 4.94. The van der Waals surface area contributed by atoms with Gasteiger partial charge in [-0.25, -0.2) is 4.98 Å². The predicted molar refractivity (Wildman–Crippen MR) is 64.8 cm³/mol. The third-order valence-electron chi connectivity index (χ3n) is 3.69. The number of anilines is 1. The highest BCUT2D eigenvalue weighted by atomic mass is 16.5. The highest BCUT2D eigenvalue weighted by Crippen LogP contribution is 2.30. The number of rotatable bonds is 1. The summed E-state index contributed by atoms with van der Waals surface area (Å²) in [7, 11) is 0. The molecule has 0 aliphatic carbocycles. The number of hydrogen-bond donors (Lipinski definition) is 1. The Morgan fingerprint density at radius 3 is 2.83 bits per heavy atom. The molecule has 2 aromatic heterocycles. The fourth-order valence-corrected chi connectivity index (χ4v) is 2.85. The maximum atomic E-state index is 9.92. The van der Waals surface area contributed by atoms with E-state index >= 15 is 0 Å². The van der Waals surface area contributed by atoms with Gasteiger partial charge in [-0.15, -0.1) is 0 Å². The minimum absolute atomic E-state index is 0.124. The van der Waals surface area contributed by atoms with Gasteiger partial charge in [0, 0.05) is 25.2 Å². The SMILES string of the molecule is Oc1cc(N2CC3CCC(C2)O3)nc2ccnn12. The molecule has 4 rings (SSSR count). The van der Waals surface area contributed by atoms with E-state index < -0.39 is 0 Å². The van der Waals surface area contributed by atoms with Crippen LogP contribution < -0.4 is 4.90 Å². The van der Waals surface area contributed by atoms with Crippen molar-refractivity contribution in [1.82, 2.24) is 14.6 Å². The van der Waals surface area contributed by atoms with Gasteiger partial charge in [0.25, 0.3) is 0 Å². The summed E-state index contributed by atoms with van der Waals surface area (Å²) in [5.74, 6) is 0.930. The summed E-state index contributed by atoms with van der Waals surface area (Å²) >= 11 is 0. The average molecular weight is 246 g/mol. The summed E-state index contributed by atoms with van der Waals surface area (Å²) in [5.41, 5.74) is 0.670. The monoisotopic (exact) mass is 246 g/mol. The second-order valence-electron chi connectivity index (χ2n) is 4.94. The summed E-state index contributed by atoms with van der Waals surface area (Å²) < 4.78 is 7.23. The van der Waals surface area contributed by atoms with Gasteiger partial charge in [-0.2, -0.15) is 9.61 Å². The van der Waals surface area contributed by atoms with Crippen LogP contribution in [-0.4, -0.2) is 45.0 Å². The van der Waals surface area contributed by atoms with Crippen LogP contribution in [0.3, 0.4) is 0 Å². The van der Waals surface area contributed by atoms with Gasteiger partial charge in [0.1, 0.15) is 5.82 Å². The zero-order chi connectivity index (χ0) is 12.1. The molecule has 6 nitrogen and oxygen atoms in total. The standard InChI is InChI=1S/C12H14N4O2/c17-12-5-11(14-10-3-4-13-16(10)12)15-6-8-1-2-9(7-15)18-8/h3-5,8-9,17H,1-2,6-7H2. The van der Waals surface area contributed by atoms with Gasteiger partial charge < -0.3 is 14.7 Å². The van der Waals surface area contributed by atoms with Crippen LogP contribution in [0.2, 0.25) is 0 Å². The molecular weight excluding hydrogens is 232 g/mol. The molecule has 0 radical (unpaired) electrons. The largest absolute Gasteiger partial charge is 0.493 e. The quantitative estimate of drug-likeness (QED) is 0.806.